The van der Waals surface area contributed by atoms with Crippen molar-refractivity contribution in [1.82, 2.24) is 10.5 Å². The lowest BCUT2D eigenvalue weighted by Gasteiger charge is -2.03. The van der Waals surface area contributed by atoms with Gasteiger partial charge in [-0.2, -0.15) is 12.6 Å². The summed E-state index contributed by atoms with van der Waals surface area (Å²) in [4.78, 5) is 12.0. The Hall–Kier alpha value is -2.34. The van der Waals surface area contributed by atoms with Gasteiger partial charge in [-0.05, 0) is 42.5 Å². The van der Waals surface area contributed by atoms with Crippen LogP contribution in [0.1, 0.15) is 10.4 Å². The third-order valence-electron chi connectivity index (χ3n) is 3.24. The molecule has 3 aromatic rings. The molecule has 6 heteroatoms. The van der Waals surface area contributed by atoms with Gasteiger partial charge in [0.05, 0.1) is 5.39 Å². The molecule has 0 spiro atoms. The van der Waals surface area contributed by atoms with Crippen molar-refractivity contribution in [2.75, 3.05) is 12.3 Å². The summed E-state index contributed by atoms with van der Waals surface area (Å²) in [6.07, 6.45) is 0. The molecule has 0 saturated carbocycles. The zero-order chi connectivity index (χ0) is 15.5. The molecule has 0 fully saturated rings. The van der Waals surface area contributed by atoms with Crippen LogP contribution < -0.4 is 5.32 Å². The smallest absolute Gasteiger partial charge is 0.251 e. The minimum atomic E-state index is -0.320. The molecule has 0 aliphatic heterocycles. The molecule has 0 aliphatic carbocycles. The monoisotopic (exact) mass is 316 g/mol. The highest BCUT2D eigenvalue weighted by molar-refractivity contribution is 7.80. The van der Waals surface area contributed by atoms with Crippen LogP contribution >= 0.6 is 12.6 Å². The summed E-state index contributed by atoms with van der Waals surface area (Å²) in [5, 5.41) is 7.44. The van der Waals surface area contributed by atoms with E-state index in [9.17, 15) is 9.18 Å². The SMILES string of the molecule is O=C(NCCS)c1ccc2noc(-c3ccc(F)cc3)c2c1. The molecule has 0 radical (unpaired) electrons. The fourth-order valence-corrected chi connectivity index (χ4v) is 2.28. The first-order valence-corrected chi connectivity index (χ1v) is 7.37. The second-order valence-electron chi connectivity index (χ2n) is 4.73. The average molecular weight is 316 g/mol. The highest BCUT2D eigenvalue weighted by Gasteiger charge is 2.13. The van der Waals surface area contributed by atoms with Crippen molar-refractivity contribution in [2.45, 2.75) is 0 Å². The van der Waals surface area contributed by atoms with Crippen LogP contribution in [0.2, 0.25) is 0 Å². The Morgan fingerprint density at radius 3 is 2.73 bits per heavy atom. The fourth-order valence-electron chi connectivity index (χ4n) is 2.16. The number of hydrogen-bond donors (Lipinski definition) is 2. The number of thiol groups is 1. The number of nitrogens with zero attached hydrogens (tertiary/aromatic N) is 1. The Labute approximate surface area is 131 Å². The normalized spacial score (nSPS) is 10.8. The van der Waals surface area contributed by atoms with E-state index < -0.39 is 0 Å². The second-order valence-corrected chi connectivity index (χ2v) is 5.18. The first-order valence-electron chi connectivity index (χ1n) is 6.73. The molecular formula is C16H13FN2O2S. The molecular weight excluding hydrogens is 303 g/mol. The third kappa shape index (κ3) is 2.82. The van der Waals surface area contributed by atoms with Gasteiger partial charge in [0.15, 0.2) is 5.76 Å². The number of fused-ring (bicyclic) bond motifs is 1. The number of halogens is 1. The number of hydrogen-bond acceptors (Lipinski definition) is 4. The van der Waals surface area contributed by atoms with Crippen molar-refractivity contribution in [3.05, 3.63) is 53.8 Å². The summed E-state index contributed by atoms with van der Waals surface area (Å²) >= 11 is 4.06. The molecule has 3 rings (SSSR count). The third-order valence-corrected chi connectivity index (χ3v) is 3.47. The second kappa shape index (κ2) is 6.19. The Morgan fingerprint density at radius 2 is 2.00 bits per heavy atom. The molecule has 0 saturated heterocycles. The average Bonchev–Trinajstić information content (AvgIpc) is 2.96. The fraction of sp³-hybridized carbons (Fsp3) is 0.125. The van der Waals surface area contributed by atoms with E-state index in [4.69, 9.17) is 4.52 Å². The Bertz CT molecular complexity index is 815. The van der Waals surface area contributed by atoms with E-state index in [0.717, 1.165) is 0 Å². The molecule has 0 bridgehead atoms. The number of amides is 1. The predicted octanol–water partition coefficient (Wildman–Crippen LogP) is 3.29. The first kappa shape index (κ1) is 14.6. The Kier molecular flexibility index (Phi) is 4.11. The summed E-state index contributed by atoms with van der Waals surface area (Å²) in [5.41, 5.74) is 1.86. The van der Waals surface area contributed by atoms with E-state index in [1.54, 1.807) is 30.3 Å². The van der Waals surface area contributed by atoms with E-state index in [0.29, 0.717) is 40.1 Å². The van der Waals surface area contributed by atoms with Gasteiger partial charge in [-0.25, -0.2) is 4.39 Å². The van der Waals surface area contributed by atoms with Crippen LogP contribution in [0.3, 0.4) is 0 Å². The molecule has 22 heavy (non-hydrogen) atoms. The van der Waals surface area contributed by atoms with Crippen LogP contribution in [0.5, 0.6) is 0 Å². The van der Waals surface area contributed by atoms with Crippen LogP contribution in [0.15, 0.2) is 47.0 Å². The van der Waals surface area contributed by atoms with Gasteiger partial charge >= 0.3 is 0 Å². The van der Waals surface area contributed by atoms with Crippen molar-refractivity contribution >= 4 is 29.4 Å². The van der Waals surface area contributed by atoms with Crippen LogP contribution in [0, 0.1) is 5.82 Å². The number of rotatable bonds is 4. The van der Waals surface area contributed by atoms with E-state index in [1.165, 1.54) is 12.1 Å². The molecule has 1 amide bonds. The molecule has 1 aromatic heterocycles. The maximum atomic E-state index is 13.0. The predicted molar refractivity (Wildman–Crippen MR) is 85.6 cm³/mol. The van der Waals surface area contributed by atoms with Gasteiger partial charge in [0.25, 0.3) is 5.91 Å². The van der Waals surface area contributed by atoms with Crippen molar-refractivity contribution in [3.63, 3.8) is 0 Å². The lowest BCUT2D eigenvalue weighted by Crippen LogP contribution is -2.25. The highest BCUT2D eigenvalue weighted by Crippen LogP contribution is 2.29. The highest BCUT2D eigenvalue weighted by atomic mass is 32.1. The number of carbonyl (C=O) groups is 1. The van der Waals surface area contributed by atoms with E-state index >= 15 is 0 Å². The summed E-state index contributed by atoms with van der Waals surface area (Å²) in [6, 6.07) is 11.1. The van der Waals surface area contributed by atoms with Crippen molar-refractivity contribution in [3.8, 4) is 11.3 Å². The van der Waals surface area contributed by atoms with Crippen molar-refractivity contribution in [2.24, 2.45) is 0 Å². The van der Waals surface area contributed by atoms with E-state index in [-0.39, 0.29) is 11.7 Å². The van der Waals surface area contributed by atoms with Crippen LogP contribution in [0.25, 0.3) is 22.2 Å². The number of aromatic nitrogens is 1. The zero-order valence-corrected chi connectivity index (χ0v) is 12.4. The lowest BCUT2D eigenvalue weighted by atomic mass is 10.1. The van der Waals surface area contributed by atoms with Gasteiger partial charge in [0.2, 0.25) is 0 Å². The number of benzene rings is 2. The molecule has 0 aliphatic rings. The minimum Gasteiger partial charge on any atom is -0.355 e. The van der Waals surface area contributed by atoms with Gasteiger partial charge in [0.1, 0.15) is 11.3 Å². The summed E-state index contributed by atoms with van der Waals surface area (Å²) < 4.78 is 18.4. The largest absolute Gasteiger partial charge is 0.355 e. The molecule has 4 nitrogen and oxygen atoms in total. The Morgan fingerprint density at radius 1 is 1.23 bits per heavy atom. The summed E-state index contributed by atoms with van der Waals surface area (Å²) in [5.74, 6) is 0.586. The minimum absolute atomic E-state index is 0.179. The van der Waals surface area contributed by atoms with E-state index in [1.807, 2.05) is 0 Å². The quantitative estimate of drug-likeness (QED) is 0.726. The molecule has 1 heterocycles. The molecule has 2 aromatic carbocycles. The van der Waals surface area contributed by atoms with Gasteiger partial charge in [0, 0.05) is 23.4 Å². The van der Waals surface area contributed by atoms with E-state index in [2.05, 4.69) is 23.1 Å². The number of carbonyl (C=O) groups excluding carboxylic acids is 1. The molecule has 0 atom stereocenters. The Balaban J connectivity index is 2.01. The van der Waals surface area contributed by atoms with Crippen LogP contribution in [-0.2, 0) is 0 Å². The van der Waals surface area contributed by atoms with Gasteiger partial charge in [-0.3, -0.25) is 4.79 Å². The lowest BCUT2D eigenvalue weighted by molar-refractivity contribution is 0.0956. The van der Waals surface area contributed by atoms with Crippen molar-refractivity contribution < 1.29 is 13.7 Å². The van der Waals surface area contributed by atoms with Gasteiger partial charge in [-0.1, -0.05) is 5.16 Å². The summed E-state index contributed by atoms with van der Waals surface area (Å²) in [7, 11) is 0. The van der Waals surface area contributed by atoms with Crippen molar-refractivity contribution in [1.29, 1.82) is 0 Å². The molecule has 0 unspecified atom stereocenters. The first-order chi connectivity index (χ1) is 10.7. The van der Waals surface area contributed by atoms with Crippen LogP contribution in [0.4, 0.5) is 4.39 Å². The van der Waals surface area contributed by atoms with Crippen LogP contribution in [-0.4, -0.2) is 23.4 Å². The molecule has 112 valence electrons. The zero-order valence-electron chi connectivity index (χ0n) is 11.5. The van der Waals surface area contributed by atoms with Gasteiger partial charge in [-0.15, -0.1) is 0 Å². The maximum absolute atomic E-state index is 13.0. The molecule has 1 N–H and O–H groups in total. The standard InChI is InChI=1S/C16H13FN2O2S/c17-12-4-1-10(2-5-12)15-13-9-11(16(20)18-7-8-22)3-6-14(13)19-21-15/h1-6,9,22H,7-8H2,(H,18,20). The number of nitrogens with one attached hydrogen (secondary N) is 1. The summed E-state index contributed by atoms with van der Waals surface area (Å²) in [6.45, 7) is 0.494. The maximum Gasteiger partial charge on any atom is 0.251 e. The topological polar surface area (TPSA) is 55.1 Å². The van der Waals surface area contributed by atoms with Gasteiger partial charge < -0.3 is 9.84 Å².